The summed E-state index contributed by atoms with van der Waals surface area (Å²) in [6, 6.07) is 11.1. The molecule has 0 atom stereocenters. The summed E-state index contributed by atoms with van der Waals surface area (Å²) < 4.78 is 27.0. The zero-order valence-electron chi connectivity index (χ0n) is 14.5. The highest BCUT2D eigenvalue weighted by atomic mass is 16.5. The Balaban J connectivity index is 2.13. The molecule has 6 nitrogen and oxygen atoms in total. The minimum Gasteiger partial charge on any atom is -0.497 e. The van der Waals surface area contributed by atoms with Crippen molar-refractivity contribution in [1.29, 1.82) is 0 Å². The lowest BCUT2D eigenvalue weighted by molar-refractivity contribution is 0.394. The van der Waals surface area contributed by atoms with Gasteiger partial charge in [-0.25, -0.2) is 4.98 Å². The first-order valence-electron chi connectivity index (χ1n) is 7.59. The van der Waals surface area contributed by atoms with E-state index in [0.29, 0.717) is 34.5 Å². The fourth-order valence-corrected chi connectivity index (χ4v) is 2.57. The van der Waals surface area contributed by atoms with Crippen LogP contribution in [0.2, 0.25) is 0 Å². The van der Waals surface area contributed by atoms with Crippen molar-refractivity contribution in [2.45, 2.75) is 0 Å². The average Bonchev–Trinajstić information content (AvgIpc) is 3.16. The van der Waals surface area contributed by atoms with Crippen molar-refractivity contribution in [2.75, 3.05) is 28.4 Å². The molecule has 130 valence electrons. The molecule has 3 rings (SSSR count). The molecule has 0 aliphatic rings. The Hall–Kier alpha value is -3.15. The fourth-order valence-electron chi connectivity index (χ4n) is 2.57. The molecule has 0 aliphatic heterocycles. The third-order valence-corrected chi connectivity index (χ3v) is 3.85. The van der Waals surface area contributed by atoms with Crippen molar-refractivity contribution in [3.8, 4) is 45.6 Å². The van der Waals surface area contributed by atoms with Crippen molar-refractivity contribution >= 4 is 0 Å². The minimum absolute atomic E-state index is 0.592. The molecule has 0 radical (unpaired) electrons. The number of rotatable bonds is 6. The molecule has 2 aromatic carbocycles. The number of benzene rings is 2. The lowest BCUT2D eigenvalue weighted by Gasteiger charge is -2.11. The molecule has 25 heavy (non-hydrogen) atoms. The van der Waals surface area contributed by atoms with Gasteiger partial charge >= 0.3 is 0 Å². The molecule has 0 amide bonds. The number of oxazole rings is 1. The van der Waals surface area contributed by atoms with Crippen LogP contribution in [-0.4, -0.2) is 33.4 Å². The Bertz CT molecular complexity index is 850. The molecular weight excluding hydrogens is 322 g/mol. The van der Waals surface area contributed by atoms with Crippen LogP contribution < -0.4 is 18.9 Å². The van der Waals surface area contributed by atoms with E-state index >= 15 is 0 Å². The highest BCUT2D eigenvalue weighted by Crippen LogP contribution is 2.40. The summed E-state index contributed by atoms with van der Waals surface area (Å²) in [5, 5.41) is 0. The molecule has 0 saturated carbocycles. The van der Waals surface area contributed by atoms with Crippen LogP contribution in [0.25, 0.3) is 22.6 Å². The monoisotopic (exact) mass is 341 g/mol. The second-order valence-corrected chi connectivity index (χ2v) is 5.20. The number of hydrogen-bond donors (Lipinski definition) is 0. The van der Waals surface area contributed by atoms with E-state index < -0.39 is 0 Å². The Kier molecular flexibility index (Phi) is 4.79. The van der Waals surface area contributed by atoms with Crippen LogP contribution in [-0.2, 0) is 0 Å². The molecule has 0 fully saturated rings. The molecule has 1 heterocycles. The maximum absolute atomic E-state index is 5.65. The van der Waals surface area contributed by atoms with Crippen LogP contribution in [0.5, 0.6) is 23.0 Å². The van der Waals surface area contributed by atoms with Gasteiger partial charge in [-0.05, 0) is 24.3 Å². The minimum atomic E-state index is 0.592. The van der Waals surface area contributed by atoms with Crippen molar-refractivity contribution in [3.05, 3.63) is 42.8 Å². The molecular formula is C19H19NO5. The lowest BCUT2D eigenvalue weighted by Crippen LogP contribution is -1.92. The molecule has 0 spiro atoms. The molecule has 0 saturated heterocycles. The smallest absolute Gasteiger partial charge is 0.182 e. The summed E-state index contributed by atoms with van der Waals surface area (Å²) in [5.41, 5.74) is 2.26. The zero-order chi connectivity index (χ0) is 17.8. The van der Waals surface area contributed by atoms with Crippen LogP contribution in [0, 0.1) is 0 Å². The molecule has 0 aliphatic carbocycles. The third kappa shape index (κ3) is 3.24. The number of hydrogen-bond acceptors (Lipinski definition) is 6. The van der Waals surface area contributed by atoms with E-state index in [1.807, 2.05) is 24.3 Å². The van der Waals surface area contributed by atoms with Crippen LogP contribution >= 0.6 is 0 Å². The van der Waals surface area contributed by atoms with Gasteiger partial charge in [0.15, 0.2) is 12.2 Å². The maximum atomic E-state index is 5.65. The zero-order valence-corrected chi connectivity index (χ0v) is 14.5. The van der Waals surface area contributed by atoms with Crippen molar-refractivity contribution in [2.24, 2.45) is 0 Å². The molecule has 0 N–H and O–H groups in total. The van der Waals surface area contributed by atoms with Gasteiger partial charge in [-0.3, -0.25) is 0 Å². The van der Waals surface area contributed by atoms with Gasteiger partial charge in [0.2, 0.25) is 0 Å². The second kappa shape index (κ2) is 7.17. The number of aromatic nitrogens is 1. The van der Waals surface area contributed by atoms with Crippen LogP contribution in [0.3, 0.4) is 0 Å². The maximum Gasteiger partial charge on any atom is 0.182 e. The van der Waals surface area contributed by atoms with Crippen molar-refractivity contribution < 1.29 is 23.4 Å². The Morgan fingerprint density at radius 2 is 1.44 bits per heavy atom. The van der Waals surface area contributed by atoms with Gasteiger partial charge in [-0.2, -0.15) is 0 Å². The van der Waals surface area contributed by atoms with E-state index in [4.69, 9.17) is 23.4 Å². The summed E-state index contributed by atoms with van der Waals surface area (Å²) >= 11 is 0. The topological polar surface area (TPSA) is 63.0 Å². The van der Waals surface area contributed by atoms with Gasteiger partial charge in [-0.1, -0.05) is 0 Å². The van der Waals surface area contributed by atoms with Gasteiger partial charge in [0.25, 0.3) is 0 Å². The van der Waals surface area contributed by atoms with E-state index in [1.165, 1.54) is 6.39 Å². The largest absolute Gasteiger partial charge is 0.497 e. The molecule has 0 unspecified atom stereocenters. The van der Waals surface area contributed by atoms with Gasteiger partial charge in [0.05, 0.1) is 34.0 Å². The summed E-state index contributed by atoms with van der Waals surface area (Å²) in [6.45, 7) is 0. The van der Waals surface area contributed by atoms with Crippen LogP contribution in [0.15, 0.2) is 47.2 Å². The molecule has 6 heteroatoms. The van der Waals surface area contributed by atoms with E-state index in [-0.39, 0.29) is 0 Å². The first-order valence-corrected chi connectivity index (χ1v) is 7.59. The normalized spacial score (nSPS) is 10.4. The van der Waals surface area contributed by atoms with Gasteiger partial charge in [0.1, 0.15) is 28.7 Å². The van der Waals surface area contributed by atoms with Crippen LogP contribution in [0.4, 0.5) is 0 Å². The Morgan fingerprint density at radius 1 is 0.760 bits per heavy atom. The summed E-state index contributed by atoms with van der Waals surface area (Å²) in [7, 11) is 6.42. The fraction of sp³-hybridized carbons (Fsp3) is 0.211. The SMILES string of the molecule is COc1cc(OC)cc(-c2ncoc2-c2ccc(OC)cc2OC)c1. The van der Waals surface area contributed by atoms with E-state index in [2.05, 4.69) is 4.98 Å². The summed E-state index contributed by atoms with van der Waals surface area (Å²) in [4.78, 5) is 4.37. The predicted molar refractivity (Wildman–Crippen MR) is 93.6 cm³/mol. The van der Waals surface area contributed by atoms with Gasteiger partial charge in [0, 0.05) is 17.7 Å². The highest BCUT2D eigenvalue weighted by molar-refractivity contribution is 5.81. The standard InChI is InChI=1S/C19H19NO5/c1-21-13-5-6-16(17(10-13)24-4)19-18(20-11-25-19)12-7-14(22-2)9-15(8-12)23-3/h5-11H,1-4H3. The van der Waals surface area contributed by atoms with Gasteiger partial charge in [-0.15, -0.1) is 0 Å². The molecule has 0 bridgehead atoms. The third-order valence-electron chi connectivity index (χ3n) is 3.85. The quantitative estimate of drug-likeness (QED) is 0.674. The first kappa shape index (κ1) is 16.7. The Labute approximate surface area is 145 Å². The van der Waals surface area contributed by atoms with Gasteiger partial charge < -0.3 is 23.4 Å². The first-order chi connectivity index (χ1) is 12.2. The number of ether oxygens (including phenoxy) is 4. The second-order valence-electron chi connectivity index (χ2n) is 5.20. The predicted octanol–water partition coefficient (Wildman–Crippen LogP) is 4.04. The lowest BCUT2D eigenvalue weighted by atomic mass is 10.0. The number of nitrogens with zero attached hydrogens (tertiary/aromatic N) is 1. The van der Waals surface area contributed by atoms with E-state index in [1.54, 1.807) is 40.6 Å². The van der Waals surface area contributed by atoms with Crippen molar-refractivity contribution in [1.82, 2.24) is 4.98 Å². The highest BCUT2D eigenvalue weighted by Gasteiger charge is 2.19. The molecule has 3 aromatic rings. The summed E-state index contributed by atoms with van der Waals surface area (Å²) in [5.74, 6) is 3.27. The van der Waals surface area contributed by atoms with E-state index in [9.17, 15) is 0 Å². The van der Waals surface area contributed by atoms with Crippen LogP contribution in [0.1, 0.15) is 0 Å². The average molecular weight is 341 g/mol. The summed E-state index contributed by atoms with van der Waals surface area (Å²) in [6.07, 6.45) is 1.40. The Morgan fingerprint density at radius 3 is 2.04 bits per heavy atom. The molecule has 1 aromatic heterocycles. The number of methoxy groups -OCH3 is 4. The van der Waals surface area contributed by atoms with Crippen molar-refractivity contribution in [3.63, 3.8) is 0 Å². The van der Waals surface area contributed by atoms with E-state index in [0.717, 1.165) is 11.1 Å².